The molecule has 0 aliphatic carbocycles. The van der Waals surface area contributed by atoms with E-state index >= 15 is 0 Å². The SMILES string of the molecule is Cc1ccc(-c2ccc(N3CCN(C(=O)c4ccc([N+](=O)[O-])cc4)CC3)nn2)cc1. The molecule has 2 aromatic carbocycles. The number of nitro groups is 1. The molecule has 0 saturated carbocycles. The number of aromatic nitrogens is 2. The normalized spacial score (nSPS) is 13.9. The topological polar surface area (TPSA) is 92.5 Å². The van der Waals surface area contributed by atoms with Gasteiger partial charge in [0.25, 0.3) is 11.6 Å². The molecule has 152 valence electrons. The summed E-state index contributed by atoms with van der Waals surface area (Å²) in [5, 5.41) is 19.5. The molecule has 0 N–H and O–H groups in total. The Morgan fingerprint density at radius 3 is 2.13 bits per heavy atom. The van der Waals surface area contributed by atoms with Crippen LogP contribution in [0.1, 0.15) is 15.9 Å². The zero-order chi connectivity index (χ0) is 21.1. The second-order valence-electron chi connectivity index (χ2n) is 7.23. The number of aryl methyl sites for hydroxylation is 1. The predicted octanol–water partition coefficient (Wildman–Crippen LogP) is 3.32. The van der Waals surface area contributed by atoms with Gasteiger partial charge in [0.05, 0.1) is 10.6 Å². The molecule has 0 radical (unpaired) electrons. The van der Waals surface area contributed by atoms with E-state index in [9.17, 15) is 14.9 Å². The molecule has 0 bridgehead atoms. The molecule has 1 saturated heterocycles. The third-order valence-corrected chi connectivity index (χ3v) is 5.21. The highest BCUT2D eigenvalue weighted by Crippen LogP contribution is 2.20. The maximum Gasteiger partial charge on any atom is 0.269 e. The van der Waals surface area contributed by atoms with E-state index in [-0.39, 0.29) is 11.6 Å². The lowest BCUT2D eigenvalue weighted by molar-refractivity contribution is -0.384. The predicted molar refractivity (Wildman–Crippen MR) is 113 cm³/mol. The second kappa shape index (κ2) is 8.28. The van der Waals surface area contributed by atoms with Crippen molar-refractivity contribution in [1.82, 2.24) is 15.1 Å². The molecule has 0 atom stereocenters. The summed E-state index contributed by atoms with van der Waals surface area (Å²) in [4.78, 5) is 26.8. The molecule has 8 nitrogen and oxygen atoms in total. The Kier molecular flexibility index (Phi) is 5.38. The van der Waals surface area contributed by atoms with Crippen molar-refractivity contribution in [3.05, 3.63) is 81.9 Å². The van der Waals surface area contributed by atoms with E-state index in [2.05, 4.69) is 15.1 Å². The van der Waals surface area contributed by atoms with Gasteiger partial charge >= 0.3 is 0 Å². The zero-order valence-corrected chi connectivity index (χ0v) is 16.6. The van der Waals surface area contributed by atoms with Crippen molar-refractivity contribution in [3.8, 4) is 11.3 Å². The molecule has 30 heavy (non-hydrogen) atoms. The van der Waals surface area contributed by atoms with Crippen LogP contribution < -0.4 is 4.90 Å². The number of nitro benzene ring substituents is 1. The van der Waals surface area contributed by atoms with Gasteiger partial charge in [-0.15, -0.1) is 10.2 Å². The van der Waals surface area contributed by atoms with Gasteiger partial charge in [-0.05, 0) is 31.2 Å². The molecular weight excluding hydrogens is 382 g/mol. The first kappa shape index (κ1) is 19.5. The number of amides is 1. The van der Waals surface area contributed by atoms with Crippen molar-refractivity contribution in [3.63, 3.8) is 0 Å². The van der Waals surface area contributed by atoms with E-state index in [0.717, 1.165) is 17.1 Å². The van der Waals surface area contributed by atoms with E-state index in [0.29, 0.717) is 31.7 Å². The fraction of sp³-hybridized carbons (Fsp3) is 0.227. The van der Waals surface area contributed by atoms with Crippen LogP contribution in [0.2, 0.25) is 0 Å². The Labute approximate surface area is 173 Å². The van der Waals surface area contributed by atoms with Crippen molar-refractivity contribution < 1.29 is 9.72 Å². The molecule has 2 heterocycles. The lowest BCUT2D eigenvalue weighted by atomic mass is 10.1. The van der Waals surface area contributed by atoms with Gasteiger partial charge in [-0.3, -0.25) is 14.9 Å². The number of carbonyl (C=O) groups is 1. The first-order valence-corrected chi connectivity index (χ1v) is 9.71. The summed E-state index contributed by atoms with van der Waals surface area (Å²) < 4.78 is 0. The molecule has 0 spiro atoms. The van der Waals surface area contributed by atoms with E-state index in [1.165, 1.54) is 29.8 Å². The number of non-ortho nitro benzene ring substituents is 1. The Bertz CT molecular complexity index is 1040. The van der Waals surface area contributed by atoms with Gasteiger partial charge in [-0.1, -0.05) is 29.8 Å². The van der Waals surface area contributed by atoms with Gasteiger partial charge in [0.2, 0.25) is 0 Å². The van der Waals surface area contributed by atoms with Gasteiger partial charge in [-0.25, -0.2) is 0 Å². The van der Waals surface area contributed by atoms with Crippen LogP contribution >= 0.6 is 0 Å². The van der Waals surface area contributed by atoms with Crippen LogP contribution in [-0.2, 0) is 0 Å². The third-order valence-electron chi connectivity index (χ3n) is 5.21. The van der Waals surface area contributed by atoms with Crippen LogP contribution in [0.4, 0.5) is 11.5 Å². The quantitative estimate of drug-likeness (QED) is 0.490. The summed E-state index contributed by atoms with van der Waals surface area (Å²) in [6.45, 7) is 4.45. The molecule has 3 aromatic rings. The molecule has 0 unspecified atom stereocenters. The van der Waals surface area contributed by atoms with E-state index < -0.39 is 4.92 Å². The minimum absolute atomic E-state index is 0.0240. The Balaban J connectivity index is 1.37. The number of hydrogen-bond acceptors (Lipinski definition) is 6. The maximum atomic E-state index is 12.7. The number of nitrogens with zero attached hydrogens (tertiary/aromatic N) is 5. The molecule has 4 rings (SSSR count). The van der Waals surface area contributed by atoms with E-state index in [4.69, 9.17) is 0 Å². The molecule has 1 aromatic heterocycles. The summed E-state index contributed by atoms with van der Waals surface area (Å²) in [6.07, 6.45) is 0. The van der Waals surface area contributed by atoms with Crippen LogP contribution in [0.5, 0.6) is 0 Å². The van der Waals surface area contributed by atoms with E-state index in [1.54, 1.807) is 4.90 Å². The van der Waals surface area contributed by atoms with Crippen LogP contribution in [-0.4, -0.2) is 52.1 Å². The molecular formula is C22H21N5O3. The Hall–Kier alpha value is -3.81. The van der Waals surface area contributed by atoms with Crippen LogP contribution in [0.15, 0.2) is 60.7 Å². The number of carbonyl (C=O) groups excluding carboxylic acids is 1. The summed E-state index contributed by atoms with van der Waals surface area (Å²) in [5.41, 5.74) is 3.48. The lowest BCUT2D eigenvalue weighted by Crippen LogP contribution is -2.49. The lowest BCUT2D eigenvalue weighted by Gasteiger charge is -2.35. The van der Waals surface area contributed by atoms with Crippen molar-refractivity contribution in [2.45, 2.75) is 6.92 Å². The highest BCUT2D eigenvalue weighted by Gasteiger charge is 2.23. The maximum absolute atomic E-state index is 12.7. The van der Waals surface area contributed by atoms with Gasteiger partial charge in [0, 0.05) is 49.4 Å². The minimum Gasteiger partial charge on any atom is -0.352 e. The highest BCUT2D eigenvalue weighted by molar-refractivity contribution is 5.94. The molecule has 1 fully saturated rings. The summed E-state index contributed by atoms with van der Waals surface area (Å²) in [7, 11) is 0. The number of rotatable bonds is 4. The first-order valence-electron chi connectivity index (χ1n) is 9.71. The fourth-order valence-corrected chi connectivity index (χ4v) is 3.42. The van der Waals surface area contributed by atoms with Gasteiger partial charge in [-0.2, -0.15) is 0 Å². The third kappa shape index (κ3) is 4.12. The fourth-order valence-electron chi connectivity index (χ4n) is 3.42. The van der Waals surface area contributed by atoms with Crippen LogP contribution in [0.25, 0.3) is 11.3 Å². The monoisotopic (exact) mass is 403 g/mol. The summed E-state index contributed by atoms with van der Waals surface area (Å²) in [5.74, 6) is 0.665. The van der Waals surface area contributed by atoms with Crippen molar-refractivity contribution in [2.75, 3.05) is 31.1 Å². The van der Waals surface area contributed by atoms with Crippen LogP contribution in [0.3, 0.4) is 0 Å². The summed E-state index contributed by atoms with van der Waals surface area (Å²) in [6, 6.07) is 17.8. The molecule has 1 aliphatic heterocycles. The van der Waals surface area contributed by atoms with Crippen molar-refractivity contribution >= 4 is 17.4 Å². The first-order chi connectivity index (χ1) is 14.5. The van der Waals surface area contributed by atoms with Crippen molar-refractivity contribution in [1.29, 1.82) is 0 Å². The van der Waals surface area contributed by atoms with Gasteiger partial charge in [0.15, 0.2) is 5.82 Å². The average Bonchev–Trinajstić information content (AvgIpc) is 2.79. The standard InChI is InChI=1S/C22H21N5O3/c1-16-2-4-17(5-3-16)20-10-11-21(24-23-20)25-12-14-26(15-13-25)22(28)18-6-8-19(9-7-18)27(29)30/h2-11H,12-15H2,1H3. The molecule has 1 aliphatic rings. The molecule has 8 heteroatoms. The smallest absolute Gasteiger partial charge is 0.269 e. The zero-order valence-electron chi connectivity index (χ0n) is 16.6. The second-order valence-corrected chi connectivity index (χ2v) is 7.23. The van der Waals surface area contributed by atoms with Gasteiger partial charge in [0.1, 0.15) is 0 Å². The number of anilines is 1. The van der Waals surface area contributed by atoms with Gasteiger partial charge < -0.3 is 9.80 Å². The number of benzene rings is 2. The highest BCUT2D eigenvalue weighted by atomic mass is 16.6. The minimum atomic E-state index is -0.474. The number of hydrogen-bond donors (Lipinski definition) is 0. The number of piperazine rings is 1. The summed E-state index contributed by atoms with van der Waals surface area (Å²) >= 11 is 0. The Morgan fingerprint density at radius 2 is 1.57 bits per heavy atom. The Morgan fingerprint density at radius 1 is 0.900 bits per heavy atom. The average molecular weight is 403 g/mol. The largest absolute Gasteiger partial charge is 0.352 e. The van der Waals surface area contributed by atoms with Crippen LogP contribution in [0, 0.1) is 17.0 Å². The molecule has 1 amide bonds. The van der Waals surface area contributed by atoms with Crippen molar-refractivity contribution in [2.24, 2.45) is 0 Å². The van der Waals surface area contributed by atoms with E-state index in [1.807, 2.05) is 43.3 Å².